The van der Waals surface area contributed by atoms with Gasteiger partial charge in [-0.1, -0.05) is 36.8 Å². The molecule has 1 saturated heterocycles. The number of rotatable bonds is 5. The summed E-state index contributed by atoms with van der Waals surface area (Å²) in [4.78, 5) is 14.7. The molecule has 1 heterocycles. The van der Waals surface area contributed by atoms with E-state index in [1.807, 2.05) is 4.90 Å². The van der Waals surface area contributed by atoms with Gasteiger partial charge in [0.2, 0.25) is 5.91 Å². The van der Waals surface area contributed by atoms with E-state index >= 15 is 0 Å². The average molecular weight is 288 g/mol. The Bertz CT molecular complexity index is 455. The molecule has 1 fully saturated rings. The monoisotopic (exact) mass is 288 g/mol. The number of amides is 1. The van der Waals surface area contributed by atoms with Crippen LogP contribution in [-0.4, -0.2) is 29.9 Å². The second kappa shape index (κ2) is 7.60. The molecule has 0 radical (unpaired) electrons. The Kier molecular flexibility index (Phi) is 5.80. The zero-order valence-corrected chi connectivity index (χ0v) is 13.3. The van der Waals surface area contributed by atoms with Crippen molar-refractivity contribution in [2.75, 3.05) is 13.1 Å². The van der Waals surface area contributed by atoms with Crippen molar-refractivity contribution in [3.63, 3.8) is 0 Å². The number of hydrogen-bond donors (Lipinski definition) is 1. The van der Waals surface area contributed by atoms with E-state index in [1.165, 1.54) is 17.5 Å². The van der Waals surface area contributed by atoms with Crippen LogP contribution in [0.25, 0.3) is 0 Å². The second-order valence-electron chi connectivity index (χ2n) is 6.19. The number of piperidine rings is 1. The van der Waals surface area contributed by atoms with Crippen molar-refractivity contribution < 1.29 is 4.79 Å². The number of likely N-dealkylation sites (tertiary alicyclic amines) is 1. The molecule has 1 amide bonds. The van der Waals surface area contributed by atoms with Crippen molar-refractivity contribution in [1.29, 1.82) is 0 Å². The van der Waals surface area contributed by atoms with Crippen LogP contribution in [0.5, 0.6) is 0 Å². The quantitative estimate of drug-likeness (QED) is 0.904. The van der Waals surface area contributed by atoms with Gasteiger partial charge in [0.1, 0.15) is 0 Å². The number of benzene rings is 1. The van der Waals surface area contributed by atoms with Crippen LogP contribution < -0.4 is 5.73 Å². The topological polar surface area (TPSA) is 46.3 Å². The third-order valence-electron chi connectivity index (χ3n) is 4.68. The Balaban J connectivity index is 2.03. The molecular weight excluding hydrogens is 260 g/mol. The number of aryl methyl sites for hydroxylation is 1. The van der Waals surface area contributed by atoms with Gasteiger partial charge in [-0.25, -0.2) is 0 Å². The van der Waals surface area contributed by atoms with Gasteiger partial charge in [0, 0.05) is 25.6 Å². The van der Waals surface area contributed by atoms with Gasteiger partial charge in [-0.3, -0.25) is 4.79 Å². The van der Waals surface area contributed by atoms with E-state index in [2.05, 4.69) is 38.1 Å². The first-order chi connectivity index (χ1) is 10.2. The van der Waals surface area contributed by atoms with Crippen LogP contribution in [0, 0.1) is 6.92 Å². The molecule has 1 aliphatic heterocycles. The Morgan fingerprint density at radius 1 is 1.33 bits per heavy atom. The van der Waals surface area contributed by atoms with Gasteiger partial charge >= 0.3 is 0 Å². The molecule has 3 heteroatoms. The molecule has 2 unspecified atom stereocenters. The van der Waals surface area contributed by atoms with E-state index in [-0.39, 0.29) is 11.9 Å². The highest BCUT2D eigenvalue weighted by Crippen LogP contribution is 2.26. The van der Waals surface area contributed by atoms with E-state index in [9.17, 15) is 4.79 Å². The molecule has 0 spiro atoms. The Hall–Kier alpha value is -1.35. The summed E-state index contributed by atoms with van der Waals surface area (Å²) in [6.07, 6.45) is 4.97. The summed E-state index contributed by atoms with van der Waals surface area (Å²) in [7, 11) is 0. The molecule has 3 nitrogen and oxygen atoms in total. The second-order valence-corrected chi connectivity index (χ2v) is 6.19. The number of hydrogen-bond acceptors (Lipinski definition) is 2. The van der Waals surface area contributed by atoms with Gasteiger partial charge in [-0.05, 0) is 44.1 Å². The minimum absolute atomic E-state index is 0.252. The molecule has 1 aromatic carbocycles. The lowest BCUT2D eigenvalue weighted by molar-refractivity contribution is -0.135. The fraction of sp³-hybridized carbons (Fsp3) is 0.611. The normalized spacial score (nSPS) is 20.3. The van der Waals surface area contributed by atoms with Crippen LogP contribution in [0.15, 0.2) is 24.3 Å². The van der Waals surface area contributed by atoms with E-state index < -0.39 is 0 Å². The zero-order valence-electron chi connectivity index (χ0n) is 13.3. The molecule has 2 atom stereocenters. The van der Waals surface area contributed by atoms with E-state index in [0.29, 0.717) is 18.9 Å². The van der Waals surface area contributed by atoms with Crippen molar-refractivity contribution >= 4 is 5.91 Å². The summed E-state index contributed by atoms with van der Waals surface area (Å²) in [5, 5.41) is 0. The van der Waals surface area contributed by atoms with Gasteiger partial charge in [-0.15, -0.1) is 0 Å². The zero-order chi connectivity index (χ0) is 15.2. The average Bonchev–Trinajstić information content (AvgIpc) is 2.53. The van der Waals surface area contributed by atoms with Crippen LogP contribution in [0.1, 0.15) is 56.1 Å². The largest absolute Gasteiger partial charge is 0.338 e. The number of nitrogens with two attached hydrogens (primary N) is 1. The number of carbonyl (C=O) groups excluding carboxylic acids is 1. The van der Waals surface area contributed by atoms with Crippen LogP contribution in [0.3, 0.4) is 0 Å². The van der Waals surface area contributed by atoms with Crippen molar-refractivity contribution in [3.05, 3.63) is 35.4 Å². The lowest BCUT2D eigenvalue weighted by Gasteiger charge is -2.36. The van der Waals surface area contributed by atoms with Crippen LogP contribution in [-0.2, 0) is 4.79 Å². The fourth-order valence-corrected chi connectivity index (χ4v) is 3.24. The maximum atomic E-state index is 12.6. The summed E-state index contributed by atoms with van der Waals surface area (Å²) in [5.74, 6) is 0.594. The van der Waals surface area contributed by atoms with Gasteiger partial charge in [0.25, 0.3) is 0 Å². The molecule has 0 saturated carbocycles. The van der Waals surface area contributed by atoms with Crippen LogP contribution in [0.2, 0.25) is 0 Å². The molecule has 2 rings (SSSR count). The third kappa shape index (κ3) is 4.07. The SMILES string of the molecule is CCC(CC(=O)N1CCCCC1CN)c1ccc(C)cc1. The summed E-state index contributed by atoms with van der Waals surface area (Å²) < 4.78 is 0. The summed E-state index contributed by atoms with van der Waals surface area (Å²) in [5.41, 5.74) is 8.37. The first-order valence-electron chi connectivity index (χ1n) is 8.21. The van der Waals surface area contributed by atoms with Crippen molar-refractivity contribution in [2.45, 2.75) is 57.9 Å². The van der Waals surface area contributed by atoms with Crippen LogP contribution in [0.4, 0.5) is 0 Å². The van der Waals surface area contributed by atoms with Crippen molar-refractivity contribution in [3.8, 4) is 0 Å². The summed E-state index contributed by atoms with van der Waals surface area (Å²) in [6.45, 7) is 5.72. The molecule has 1 aliphatic rings. The Morgan fingerprint density at radius 3 is 2.67 bits per heavy atom. The Morgan fingerprint density at radius 2 is 2.05 bits per heavy atom. The predicted octanol–water partition coefficient (Wildman–Crippen LogP) is 3.22. The van der Waals surface area contributed by atoms with Gasteiger partial charge in [0.05, 0.1) is 0 Å². The van der Waals surface area contributed by atoms with Crippen molar-refractivity contribution in [2.24, 2.45) is 5.73 Å². The van der Waals surface area contributed by atoms with Gasteiger partial charge < -0.3 is 10.6 Å². The molecule has 0 aliphatic carbocycles. The summed E-state index contributed by atoms with van der Waals surface area (Å²) >= 11 is 0. The van der Waals surface area contributed by atoms with E-state index in [4.69, 9.17) is 5.73 Å². The van der Waals surface area contributed by atoms with E-state index in [0.717, 1.165) is 25.8 Å². The molecule has 21 heavy (non-hydrogen) atoms. The Labute approximate surface area is 128 Å². The molecule has 0 aromatic heterocycles. The molecule has 116 valence electrons. The standard InChI is InChI=1S/C18H28N2O/c1-3-15(16-9-7-14(2)8-10-16)12-18(21)20-11-5-4-6-17(20)13-19/h7-10,15,17H,3-6,11-13,19H2,1-2H3. The smallest absolute Gasteiger partial charge is 0.223 e. The van der Waals surface area contributed by atoms with Gasteiger partial charge in [-0.2, -0.15) is 0 Å². The molecule has 1 aromatic rings. The highest BCUT2D eigenvalue weighted by molar-refractivity contribution is 5.77. The maximum absolute atomic E-state index is 12.6. The highest BCUT2D eigenvalue weighted by Gasteiger charge is 2.27. The van der Waals surface area contributed by atoms with Crippen LogP contribution >= 0.6 is 0 Å². The minimum Gasteiger partial charge on any atom is -0.338 e. The fourth-order valence-electron chi connectivity index (χ4n) is 3.24. The lowest BCUT2D eigenvalue weighted by Crippen LogP contribution is -2.47. The third-order valence-corrected chi connectivity index (χ3v) is 4.68. The minimum atomic E-state index is 0.252. The maximum Gasteiger partial charge on any atom is 0.223 e. The summed E-state index contributed by atoms with van der Waals surface area (Å²) in [6, 6.07) is 8.83. The van der Waals surface area contributed by atoms with E-state index in [1.54, 1.807) is 0 Å². The first kappa shape index (κ1) is 16.0. The highest BCUT2D eigenvalue weighted by atomic mass is 16.2. The first-order valence-corrected chi connectivity index (χ1v) is 8.21. The molecular formula is C18H28N2O. The lowest BCUT2D eigenvalue weighted by atomic mass is 9.91. The number of nitrogens with zero attached hydrogens (tertiary/aromatic N) is 1. The molecule has 0 bridgehead atoms. The van der Waals surface area contributed by atoms with Crippen molar-refractivity contribution in [1.82, 2.24) is 4.90 Å². The number of carbonyl (C=O) groups is 1. The molecule has 2 N–H and O–H groups in total. The predicted molar refractivity (Wildman–Crippen MR) is 87.2 cm³/mol. The van der Waals surface area contributed by atoms with Gasteiger partial charge in [0.15, 0.2) is 0 Å².